The van der Waals surface area contributed by atoms with E-state index in [1.54, 1.807) is 24.3 Å². The molecule has 0 N–H and O–H groups in total. The average Bonchev–Trinajstić information content (AvgIpc) is 2.84. The summed E-state index contributed by atoms with van der Waals surface area (Å²) in [5, 5.41) is 9.18. The van der Waals surface area contributed by atoms with Crippen molar-refractivity contribution in [1.29, 1.82) is 5.26 Å². The van der Waals surface area contributed by atoms with Crippen LogP contribution < -0.4 is 0 Å². The number of rotatable bonds is 4. The molecule has 0 fully saturated rings. The van der Waals surface area contributed by atoms with Gasteiger partial charge in [-0.2, -0.15) is 18.4 Å². The molecule has 0 saturated carbocycles. The Morgan fingerprint density at radius 2 is 1.44 bits per heavy atom. The molecule has 2 aromatic heterocycles. The Labute approximate surface area is 210 Å². The monoisotopic (exact) mass is 637 g/mol. The van der Waals surface area contributed by atoms with Crippen molar-refractivity contribution in [3.05, 3.63) is 107 Å². The fourth-order valence-electron chi connectivity index (χ4n) is 3.55. The molecule has 4 rings (SSSR count). The Hall–Kier alpha value is -3.29. The maximum atomic E-state index is 13.1. The molecule has 0 saturated heterocycles. The fourth-order valence-corrected chi connectivity index (χ4v) is 3.55. The first-order chi connectivity index (χ1) is 15.7. The van der Waals surface area contributed by atoms with Gasteiger partial charge < -0.3 is 4.98 Å². The van der Waals surface area contributed by atoms with Gasteiger partial charge in [-0.3, -0.25) is 4.98 Å². The van der Waals surface area contributed by atoms with E-state index < -0.39 is 17.2 Å². The second kappa shape index (κ2) is 9.91. The van der Waals surface area contributed by atoms with Gasteiger partial charge in [0.2, 0.25) is 0 Å². The Balaban J connectivity index is 0.00000324. The van der Waals surface area contributed by atoms with Crippen LogP contribution in [-0.4, -0.2) is 9.97 Å². The van der Waals surface area contributed by atoms with Crippen molar-refractivity contribution < 1.29 is 34.2 Å². The SMILES string of the molecule is CC(C)(c1cccc(-c2[c-]ccc(C(F)(F)F)c2)n1)c1cccc(-c2cccc(C#N)c2)n1.[Pt]. The minimum absolute atomic E-state index is 0. The minimum Gasteiger partial charge on any atom is -0.300 e. The summed E-state index contributed by atoms with van der Waals surface area (Å²) in [5.74, 6) is 0. The molecule has 0 unspecified atom stereocenters. The fraction of sp³-hybridized carbons (Fsp3) is 0.148. The molecule has 2 heterocycles. The predicted molar refractivity (Wildman–Crippen MR) is 120 cm³/mol. The van der Waals surface area contributed by atoms with E-state index in [-0.39, 0.29) is 26.6 Å². The third kappa shape index (κ3) is 5.26. The van der Waals surface area contributed by atoms with Gasteiger partial charge in [-0.1, -0.05) is 30.3 Å². The van der Waals surface area contributed by atoms with Crippen molar-refractivity contribution in [3.63, 3.8) is 0 Å². The van der Waals surface area contributed by atoms with Crippen molar-refractivity contribution in [3.8, 4) is 28.6 Å². The van der Waals surface area contributed by atoms with Gasteiger partial charge >= 0.3 is 6.18 Å². The third-order valence-corrected chi connectivity index (χ3v) is 5.47. The maximum Gasteiger partial charge on any atom is 0.399 e. The van der Waals surface area contributed by atoms with E-state index >= 15 is 0 Å². The Bertz CT molecular complexity index is 1360. The molecule has 34 heavy (non-hydrogen) atoms. The topological polar surface area (TPSA) is 49.6 Å². The maximum absolute atomic E-state index is 13.1. The zero-order valence-corrected chi connectivity index (χ0v) is 20.6. The van der Waals surface area contributed by atoms with E-state index in [2.05, 4.69) is 17.1 Å². The number of alkyl halides is 3. The molecule has 0 aliphatic carbocycles. The average molecular weight is 638 g/mol. The normalized spacial score (nSPS) is 11.4. The van der Waals surface area contributed by atoms with Crippen molar-refractivity contribution in [2.24, 2.45) is 0 Å². The number of benzene rings is 2. The number of hydrogen-bond acceptors (Lipinski definition) is 3. The molecule has 3 nitrogen and oxygen atoms in total. The van der Waals surface area contributed by atoms with Gasteiger partial charge in [-0.05, 0) is 55.4 Å². The summed E-state index contributed by atoms with van der Waals surface area (Å²) < 4.78 is 39.4. The molecular formula is C27H19F3N3Pt-. The molecule has 0 atom stereocenters. The van der Waals surface area contributed by atoms with Gasteiger partial charge in [0.05, 0.1) is 23.0 Å². The van der Waals surface area contributed by atoms with Gasteiger partial charge in [0.15, 0.2) is 0 Å². The summed E-state index contributed by atoms with van der Waals surface area (Å²) in [6.07, 6.45) is -4.44. The number of hydrogen-bond donors (Lipinski definition) is 0. The Kier molecular flexibility index (Phi) is 7.38. The van der Waals surface area contributed by atoms with E-state index in [1.807, 2.05) is 50.2 Å². The Morgan fingerprint density at radius 1 is 0.824 bits per heavy atom. The van der Waals surface area contributed by atoms with Crippen LogP contribution >= 0.6 is 0 Å². The van der Waals surface area contributed by atoms with Crippen LogP contribution in [0.2, 0.25) is 0 Å². The number of halogens is 3. The van der Waals surface area contributed by atoms with Crippen LogP contribution in [0.4, 0.5) is 13.2 Å². The van der Waals surface area contributed by atoms with Crippen LogP contribution in [0.15, 0.2) is 78.9 Å². The van der Waals surface area contributed by atoms with Crippen LogP contribution in [0.25, 0.3) is 22.5 Å². The van der Waals surface area contributed by atoms with Gasteiger partial charge in [-0.25, -0.2) is 0 Å². The van der Waals surface area contributed by atoms with Crippen molar-refractivity contribution >= 4 is 0 Å². The number of aromatic nitrogens is 2. The molecule has 0 bridgehead atoms. The summed E-state index contributed by atoms with van der Waals surface area (Å²) >= 11 is 0. The zero-order chi connectivity index (χ0) is 23.6. The summed E-state index contributed by atoms with van der Waals surface area (Å²) in [6.45, 7) is 3.93. The van der Waals surface area contributed by atoms with Crippen LogP contribution in [-0.2, 0) is 32.7 Å². The number of nitriles is 1. The minimum atomic E-state index is -4.44. The van der Waals surface area contributed by atoms with Crippen LogP contribution in [0.3, 0.4) is 0 Å². The molecular weight excluding hydrogens is 618 g/mol. The molecule has 174 valence electrons. The molecule has 0 radical (unpaired) electrons. The van der Waals surface area contributed by atoms with Crippen LogP contribution in [0.1, 0.15) is 36.4 Å². The van der Waals surface area contributed by atoms with Crippen molar-refractivity contribution in [2.75, 3.05) is 0 Å². The van der Waals surface area contributed by atoms with Crippen LogP contribution in [0.5, 0.6) is 0 Å². The largest absolute Gasteiger partial charge is 0.399 e. The zero-order valence-electron chi connectivity index (χ0n) is 18.3. The van der Waals surface area contributed by atoms with E-state index in [1.165, 1.54) is 6.07 Å². The van der Waals surface area contributed by atoms with E-state index in [4.69, 9.17) is 4.98 Å². The Morgan fingerprint density at radius 3 is 2.09 bits per heavy atom. The molecule has 2 aromatic carbocycles. The summed E-state index contributed by atoms with van der Waals surface area (Å²) in [7, 11) is 0. The first-order valence-corrected chi connectivity index (χ1v) is 10.2. The van der Waals surface area contributed by atoms with E-state index in [0.717, 1.165) is 29.1 Å². The van der Waals surface area contributed by atoms with E-state index in [0.29, 0.717) is 17.0 Å². The summed E-state index contributed by atoms with van der Waals surface area (Å²) in [4.78, 5) is 9.47. The van der Waals surface area contributed by atoms with Crippen molar-refractivity contribution in [2.45, 2.75) is 25.4 Å². The molecule has 0 spiro atoms. The second-order valence-electron chi connectivity index (χ2n) is 8.12. The smallest absolute Gasteiger partial charge is 0.300 e. The van der Waals surface area contributed by atoms with Gasteiger partial charge in [0.1, 0.15) is 0 Å². The molecule has 4 aromatic rings. The molecule has 0 amide bonds. The number of pyridine rings is 2. The molecule has 0 aliphatic heterocycles. The standard InChI is InChI=1S/C27H19F3N3.Pt/c1-26(2,24-13-5-11-22(32-24)19-8-3-7-18(15-19)17-31)25-14-6-12-23(33-25)20-9-4-10-21(16-20)27(28,29)30;/h3-8,10-16H,1-2H3;/q-1;. The molecule has 7 heteroatoms. The first kappa shape index (κ1) is 25.3. The van der Waals surface area contributed by atoms with Gasteiger partial charge in [0.25, 0.3) is 0 Å². The van der Waals surface area contributed by atoms with Crippen LogP contribution in [0, 0.1) is 17.4 Å². The quantitative estimate of drug-likeness (QED) is 0.231. The summed E-state index contributed by atoms with van der Waals surface area (Å²) in [6, 6.07) is 26.4. The number of nitrogens with zero attached hydrogens (tertiary/aromatic N) is 3. The van der Waals surface area contributed by atoms with E-state index in [9.17, 15) is 18.4 Å². The predicted octanol–water partition coefficient (Wildman–Crippen LogP) is 6.82. The second-order valence-corrected chi connectivity index (χ2v) is 8.12. The third-order valence-electron chi connectivity index (χ3n) is 5.47. The summed E-state index contributed by atoms with van der Waals surface area (Å²) in [5.41, 5.74) is 2.83. The first-order valence-electron chi connectivity index (χ1n) is 10.2. The molecule has 0 aliphatic rings. The van der Waals surface area contributed by atoms with Gasteiger partial charge in [-0.15, -0.1) is 29.8 Å². The van der Waals surface area contributed by atoms with Gasteiger partial charge in [0, 0.05) is 37.7 Å². The van der Waals surface area contributed by atoms with Crippen molar-refractivity contribution in [1.82, 2.24) is 9.97 Å².